The van der Waals surface area contributed by atoms with Crippen molar-refractivity contribution in [2.24, 2.45) is 0 Å². The van der Waals surface area contributed by atoms with E-state index in [1.807, 2.05) is 6.92 Å². The van der Waals surface area contributed by atoms with E-state index in [2.05, 4.69) is 15.5 Å². The zero-order valence-corrected chi connectivity index (χ0v) is 13.9. The van der Waals surface area contributed by atoms with Gasteiger partial charge in [-0.3, -0.25) is 14.3 Å². The van der Waals surface area contributed by atoms with Crippen LogP contribution in [-0.2, 0) is 27.8 Å². The summed E-state index contributed by atoms with van der Waals surface area (Å²) in [7, 11) is -1.44. The molecule has 122 valence electrons. The van der Waals surface area contributed by atoms with Crippen LogP contribution in [0.4, 0.5) is 5.13 Å². The fourth-order valence-electron chi connectivity index (χ4n) is 1.78. The van der Waals surface area contributed by atoms with Crippen LogP contribution in [0.1, 0.15) is 27.9 Å². The predicted molar refractivity (Wildman–Crippen MR) is 88.0 cm³/mol. The number of hydrogen-bond donors (Lipinski definition) is 2. The summed E-state index contributed by atoms with van der Waals surface area (Å²) >= 11 is 1.28. The number of amides is 1. The van der Waals surface area contributed by atoms with Crippen molar-refractivity contribution in [2.45, 2.75) is 19.1 Å². The van der Waals surface area contributed by atoms with Crippen LogP contribution in [0.5, 0.6) is 0 Å². The number of carboxylic acids is 1. The largest absolute Gasteiger partial charge is 0.478 e. The molecule has 0 aliphatic rings. The summed E-state index contributed by atoms with van der Waals surface area (Å²) in [6, 6.07) is 6.18. The van der Waals surface area contributed by atoms with Gasteiger partial charge in [0.25, 0.3) is 0 Å². The Morgan fingerprint density at radius 2 is 2.13 bits per heavy atom. The molecule has 23 heavy (non-hydrogen) atoms. The fourth-order valence-corrected chi connectivity index (χ4v) is 3.49. The van der Waals surface area contributed by atoms with E-state index in [0.29, 0.717) is 10.7 Å². The Morgan fingerprint density at radius 1 is 1.35 bits per heavy atom. The topological polar surface area (TPSA) is 109 Å². The molecule has 1 aromatic heterocycles. The number of aryl methyl sites for hydroxylation is 1. The van der Waals surface area contributed by atoms with E-state index in [4.69, 9.17) is 5.11 Å². The zero-order chi connectivity index (χ0) is 16.8. The highest BCUT2D eigenvalue weighted by Crippen LogP contribution is 2.15. The van der Waals surface area contributed by atoms with Crippen LogP contribution in [0.2, 0.25) is 0 Å². The molecule has 0 saturated carbocycles. The lowest BCUT2D eigenvalue weighted by Gasteiger charge is -2.04. The monoisotopic (exact) mass is 353 g/mol. The average Bonchev–Trinajstić information content (AvgIpc) is 2.94. The predicted octanol–water partition coefficient (Wildman–Crippen LogP) is 1.69. The van der Waals surface area contributed by atoms with Gasteiger partial charge in [0.2, 0.25) is 11.0 Å². The van der Waals surface area contributed by atoms with Crippen molar-refractivity contribution in [1.29, 1.82) is 0 Å². The molecule has 7 nitrogen and oxygen atoms in total. The van der Waals surface area contributed by atoms with Crippen molar-refractivity contribution in [3.05, 3.63) is 40.4 Å². The highest BCUT2D eigenvalue weighted by atomic mass is 32.2. The Hall–Kier alpha value is -2.13. The molecule has 0 fully saturated rings. The van der Waals surface area contributed by atoms with Crippen molar-refractivity contribution >= 4 is 39.1 Å². The van der Waals surface area contributed by atoms with Crippen molar-refractivity contribution in [2.75, 3.05) is 11.1 Å². The Kier molecular flexibility index (Phi) is 5.94. The maximum absolute atomic E-state index is 12.0. The van der Waals surface area contributed by atoms with Crippen LogP contribution in [0, 0.1) is 0 Å². The lowest BCUT2D eigenvalue weighted by molar-refractivity contribution is -0.113. The molecule has 2 aromatic rings. The van der Waals surface area contributed by atoms with Gasteiger partial charge >= 0.3 is 5.97 Å². The van der Waals surface area contributed by atoms with Crippen molar-refractivity contribution in [3.8, 4) is 0 Å². The van der Waals surface area contributed by atoms with E-state index < -0.39 is 22.7 Å². The number of rotatable bonds is 7. The van der Waals surface area contributed by atoms with Gasteiger partial charge in [-0.2, -0.15) is 0 Å². The first-order chi connectivity index (χ1) is 11.0. The number of aromatic nitrogens is 2. The summed E-state index contributed by atoms with van der Waals surface area (Å²) in [4.78, 5) is 22.7. The molecule has 1 heterocycles. The smallest absolute Gasteiger partial charge is 0.335 e. The second-order valence-corrected chi connectivity index (χ2v) is 7.16. The maximum atomic E-state index is 12.0. The first kappa shape index (κ1) is 17.2. The number of carbonyl (C=O) groups is 2. The molecule has 0 bridgehead atoms. The Balaban J connectivity index is 1.90. The van der Waals surface area contributed by atoms with Gasteiger partial charge in [-0.15, -0.1) is 10.2 Å². The van der Waals surface area contributed by atoms with E-state index in [9.17, 15) is 13.8 Å². The SMILES string of the molecule is CCc1nnc(NC(=O)CS(=O)Cc2cccc(C(=O)O)c2)s1. The van der Waals surface area contributed by atoms with E-state index >= 15 is 0 Å². The number of aromatic carboxylic acids is 1. The molecule has 0 radical (unpaired) electrons. The average molecular weight is 353 g/mol. The standard InChI is InChI=1S/C14H15N3O4S2/c1-2-12-16-17-14(22-12)15-11(18)8-23(21)7-9-4-3-5-10(6-9)13(19)20/h3-6H,2,7-8H2,1H3,(H,19,20)(H,15,17,18). The molecule has 9 heteroatoms. The van der Waals surface area contributed by atoms with Crippen LogP contribution in [0.3, 0.4) is 0 Å². The van der Waals surface area contributed by atoms with Crippen LogP contribution >= 0.6 is 11.3 Å². The number of carbonyl (C=O) groups excluding carboxylic acids is 1. The summed E-state index contributed by atoms with van der Waals surface area (Å²) in [5.41, 5.74) is 0.741. The third-order valence-electron chi connectivity index (χ3n) is 2.81. The molecular formula is C14H15N3O4S2. The van der Waals surface area contributed by atoms with Crippen LogP contribution in [-0.4, -0.2) is 37.1 Å². The van der Waals surface area contributed by atoms with Crippen LogP contribution < -0.4 is 5.32 Å². The molecule has 1 unspecified atom stereocenters. The van der Waals surface area contributed by atoms with E-state index in [0.717, 1.165) is 11.4 Å². The summed E-state index contributed by atoms with van der Waals surface area (Å²) in [6.07, 6.45) is 0.736. The molecule has 1 aromatic carbocycles. The first-order valence-electron chi connectivity index (χ1n) is 6.77. The molecule has 0 saturated heterocycles. The molecule has 1 amide bonds. The Bertz CT molecular complexity index is 745. The van der Waals surface area contributed by atoms with Gasteiger partial charge in [-0.1, -0.05) is 30.4 Å². The lowest BCUT2D eigenvalue weighted by atomic mass is 10.1. The highest BCUT2D eigenvalue weighted by molar-refractivity contribution is 7.84. The lowest BCUT2D eigenvalue weighted by Crippen LogP contribution is -2.20. The van der Waals surface area contributed by atoms with Gasteiger partial charge in [0.05, 0.1) is 5.56 Å². The summed E-state index contributed by atoms with van der Waals surface area (Å²) in [5.74, 6) is -1.52. The van der Waals surface area contributed by atoms with E-state index in [1.54, 1.807) is 12.1 Å². The molecular weight excluding hydrogens is 338 g/mol. The number of nitrogens with one attached hydrogen (secondary N) is 1. The Morgan fingerprint density at radius 3 is 2.78 bits per heavy atom. The number of hydrogen-bond acceptors (Lipinski definition) is 6. The summed E-state index contributed by atoms with van der Waals surface area (Å²) in [6.45, 7) is 1.94. The highest BCUT2D eigenvalue weighted by Gasteiger charge is 2.12. The molecule has 2 N–H and O–H groups in total. The number of carboxylic acid groups (broad SMARTS) is 1. The third kappa shape index (κ3) is 5.22. The van der Waals surface area contributed by atoms with Crippen LogP contribution in [0.15, 0.2) is 24.3 Å². The minimum Gasteiger partial charge on any atom is -0.478 e. The molecule has 0 aliphatic carbocycles. The number of anilines is 1. The van der Waals surface area contributed by atoms with Crippen molar-refractivity contribution in [1.82, 2.24) is 10.2 Å². The van der Waals surface area contributed by atoms with E-state index in [-0.39, 0.29) is 17.1 Å². The summed E-state index contributed by atoms with van der Waals surface area (Å²) in [5, 5.41) is 20.4. The first-order valence-corrected chi connectivity index (χ1v) is 9.07. The van der Waals surface area contributed by atoms with Crippen molar-refractivity contribution in [3.63, 3.8) is 0 Å². The fraction of sp³-hybridized carbons (Fsp3) is 0.286. The molecule has 1 atom stereocenters. The zero-order valence-electron chi connectivity index (χ0n) is 12.3. The summed E-state index contributed by atoms with van der Waals surface area (Å²) < 4.78 is 12.0. The van der Waals surface area contributed by atoms with Crippen LogP contribution in [0.25, 0.3) is 0 Å². The third-order valence-corrected chi connectivity index (χ3v) is 5.03. The molecule has 0 spiro atoms. The van der Waals surface area contributed by atoms with Gasteiger partial charge < -0.3 is 5.11 Å². The van der Waals surface area contributed by atoms with Gasteiger partial charge in [-0.05, 0) is 24.1 Å². The van der Waals surface area contributed by atoms with E-state index in [1.165, 1.54) is 23.5 Å². The normalized spacial score (nSPS) is 11.9. The second kappa shape index (κ2) is 7.93. The minimum absolute atomic E-state index is 0.116. The van der Waals surface area contributed by atoms with Crippen molar-refractivity contribution < 1.29 is 18.9 Å². The molecule has 2 rings (SSSR count). The maximum Gasteiger partial charge on any atom is 0.335 e. The quantitative estimate of drug-likeness (QED) is 0.784. The van der Waals surface area contributed by atoms with Gasteiger partial charge in [0.1, 0.15) is 10.8 Å². The second-order valence-electron chi connectivity index (χ2n) is 4.64. The van der Waals surface area contributed by atoms with Gasteiger partial charge in [0.15, 0.2) is 0 Å². The van der Waals surface area contributed by atoms with Gasteiger partial charge in [0, 0.05) is 16.6 Å². The molecule has 0 aliphatic heterocycles. The number of nitrogens with zero attached hydrogens (tertiary/aromatic N) is 2. The number of benzene rings is 1. The van der Waals surface area contributed by atoms with Gasteiger partial charge in [-0.25, -0.2) is 4.79 Å². The Labute approximate surface area is 139 Å². The minimum atomic E-state index is -1.44.